The van der Waals surface area contributed by atoms with E-state index in [9.17, 15) is 14.7 Å². The first-order valence-corrected chi connectivity index (χ1v) is 14.5. The van der Waals surface area contributed by atoms with Gasteiger partial charge in [0.2, 0.25) is 0 Å². The lowest BCUT2D eigenvalue weighted by Crippen LogP contribution is -2.51. The molecule has 0 amide bonds. The van der Waals surface area contributed by atoms with E-state index in [0.29, 0.717) is 23.6 Å². The van der Waals surface area contributed by atoms with E-state index < -0.39 is 23.8 Å². The van der Waals surface area contributed by atoms with Crippen molar-refractivity contribution in [1.29, 1.82) is 0 Å². The molecule has 1 aliphatic heterocycles. The predicted octanol–water partition coefficient (Wildman–Crippen LogP) is 5.32. The fourth-order valence-electron chi connectivity index (χ4n) is 4.54. The molecule has 2 aromatic carbocycles. The van der Waals surface area contributed by atoms with Gasteiger partial charge in [-0.3, -0.25) is 0 Å². The summed E-state index contributed by atoms with van der Waals surface area (Å²) >= 11 is 6.05. The third-order valence-electron chi connectivity index (χ3n) is 8.08. The molecule has 2 aliphatic carbocycles. The minimum Gasteiger partial charge on any atom is -0.459 e. The van der Waals surface area contributed by atoms with Crippen molar-refractivity contribution < 1.29 is 33.6 Å². The van der Waals surface area contributed by atoms with Crippen molar-refractivity contribution >= 4 is 29.3 Å². The van der Waals surface area contributed by atoms with Gasteiger partial charge in [-0.05, 0) is 68.4 Å². The van der Waals surface area contributed by atoms with Crippen molar-refractivity contribution in [1.82, 2.24) is 5.32 Å². The normalized spacial score (nSPS) is 20.6. The molecule has 0 bridgehead atoms. The topological polar surface area (TPSA) is 103 Å². The van der Waals surface area contributed by atoms with Gasteiger partial charge < -0.3 is 29.4 Å². The van der Waals surface area contributed by atoms with Crippen molar-refractivity contribution in [2.45, 2.75) is 70.8 Å². The number of halogens is 1. The van der Waals surface area contributed by atoms with Gasteiger partial charge in [0.15, 0.2) is 5.76 Å². The molecule has 2 saturated carbocycles. The molecule has 41 heavy (non-hydrogen) atoms. The molecule has 0 aromatic heterocycles. The third-order valence-corrected chi connectivity index (χ3v) is 8.32. The van der Waals surface area contributed by atoms with Gasteiger partial charge in [0.1, 0.15) is 6.26 Å². The minimum absolute atomic E-state index is 0.0467. The largest absolute Gasteiger partial charge is 0.459 e. The van der Waals surface area contributed by atoms with E-state index in [0.717, 1.165) is 36.8 Å². The average molecular weight is 584 g/mol. The lowest BCUT2D eigenvalue weighted by Gasteiger charge is -2.25. The van der Waals surface area contributed by atoms with E-state index in [1.54, 1.807) is 12.1 Å². The molecule has 2 unspecified atom stereocenters. The van der Waals surface area contributed by atoms with Crippen LogP contribution in [0.4, 0.5) is 0 Å². The van der Waals surface area contributed by atoms with Crippen molar-refractivity contribution in [3.8, 4) is 0 Å². The molecule has 2 aromatic rings. The van der Waals surface area contributed by atoms with Gasteiger partial charge in [0.05, 0.1) is 19.3 Å². The fraction of sp³-hybridized carbons (Fsp3) is 0.500. The number of carbonyl (C=O) groups is 2. The lowest BCUT2D eigenvalue weighted by molar-refractivity contribution is -0.217. The third kappa shape index (κ3) is 7.23. The summed E-state index contributed by atoms with van der Waals surface area (Å²) in [7, 11) is 0. The summed E-state index contributed by atoms with van der Waals surface area (Å²) in [6.07, 6.45) is 5.09. The Bertz CT molecular complexity index is 1280. The second-order valence-corrected chi connectivity index (χ2v) is 12.8. The summed E-state index contributed by atoms with van der Waals surface area (Å²) < 4.78 is 22.6. The van der Waals surface area contributed by atoms with Gasteiger partial charge in [-0.2, -0.15) is 0 Å². The Labute approximate surface area is 246 Å². The summed E-state index contributed by atoms with van der Waals surface area (Å²) in [5.41, 5.74) is 2.26. The SMILES string of the molecule is CC(Cc1cccc(C2=COC(C(=O)OCC3(C)CC3)(C(=O)OCC3(C)CC3)O2)c1)NCC(O)c1cccc(Cl)c1. The first-order chi connectivity index (χ1) is 19.5. The Balaban J connectivity index is 1.22. The molecule has 0 saturated heterocycles. The van der Waals surface area contributed by atoms with Gasteiger partial charge in [0.25, 0.3) is 0 Å². The van der Waals surface area contributed by atoms with Crippen LogP contribution in [0.3, 0.4) is 0 Å². The number of hydrogen-bond acceptors (Lipinski definition) is 8. The molecule has 0 spiro atoms. The summed E-state index contributed by atoms with van der Waals surface area (Å²) in [5.74, 6) is -3.90. The van der Waals surface area contributed by atoms with Crippen LogP contribution in [0, 0.1) is 10.8 Å². The van der Waals surface area contributed by atoms with Gasteiger partial charge >= 0.3 is 17.7 Å². The maximum absolute atomic E-state index is 13.2. The van der Waals surface area contributed by atoms with Crippen LogP contribution in [0.25, 0.3) is 5.76 Å². The number of aliphatic hydroxyl groups excluding tert-OH is 1. The molecule has 2 N–H and O–H groups in total. The highest BCUT2D eigenvalue weighted by molar-refractivity contribution is 6.30. The highest BCUT2D eigenvalue weighted by Crippen LogP contribution is 2.47. The summed E-state index contributed by atoms with van der Waals surface area (Å²) in [4.78, 5) is 26.4. The van der Waals surface area contributed by atoms with E-state index in [1.165, 1.54) is 6.26 Å². The molecule has 5 rings (SSSR count). The van der Waals surface area contributed by atoms with Crippen LogP contribution in [0.5, 0.6) is 0 Å². The molecule has 1 heterocycles. The van der Waals surface area contributed by atoms with Crippen LogP contribution < -0.4 is 5.32 Å². The number of benzene rings is 2. The Kier molecular flexibility index (Phi) is 8.37. The Morgan fingerprint density at radius 1 is 1.00 bits per heavy atom. The molecule has 2 atom stereocenters. The number of carbonyl (C=O) groups excluding carboxylic acids is 2. The minimum atomic E-state index is -2.33. The number of nitrogens with one attached hydrogen (secondary N) is 1. The molecule has 3 aliphatic rings. The highest BCUT2D eigenvalue weighted by Gasteiger charge is 2.59. The highest BCUT2D eigenvalue weighted by atomic mass is 35.5. The first kappa shape index (κ1) is 29.4. The van der Waals surface area contributed by atoms with E-state index in [-0.39, 0.29) is 35.8 Å². The van der Waals surface area contributed by atoms with Crippen LogP contribution in [0.2, 0.25) is 5.02 Å². The number of esters is 2. The Morgan fingerprint density at radius 2 is 1.63 bits per heavy atom. The van der Waals surface area contributed by atoms with E-state index in [4.69, 9.17) is 30.5 Å². The Hall–Kier alpha value is -3.07. The maximum atomic E-state index is 13.2. The molecule has 220 valence electrons. The van der Waals surface area contributed by atoms with Gasteiger partial charge in [-0.15, -0.1) is 0 Å². The second kappa shape index (κ2) is 11.7. The van der Waals surface area contributed by atoms with Crippen LogP contribution in [-0.2, 0) is 35.0 Å². The lowest BCUT2D eigenvalue weighted by atomic mass is 10.0. The zero-order valence-corrected chi connectivity index (χ0v) is 24.5. The zero-order valence-electron chi connectivity index (χ0n) is 23.8. The molecular formula is C32H38ClNO7. The fourth-order valence-corrected chi connectivity index (χ4v) is 4.73. The second-order valence-electron chi connectivity index (χ2n) is 12.4. The first-order valence-electron chi connectivity index (χ1n) is 14.2. The molecule has 8 nitrogen and oxygen atoms in total. The van der Waals surface area contributed by atoms with Gasteiger partial charge in [-0.1, -0.05) is 55.8 Å². The quantitative estimate of drug-likeness (QED) is 0.241. The molecule has 0 radical (unpaired) electrons. The van der Waals surface area contributed by atoms with Crippen LogP contribution in [0.1, 0.15) is 69.2 Å². The smallest absolute Gasteiger partial charge is 0.453 e. The summed E-state index contributed by atoms with van der Waals surface area (Å²) in [6, 6.07) is 14.8. The number of aliphatic hydroxyl groups is 1. The summed E-state index contributed by atoms with van der Waals surface area (Å²) in [6.45, 7) is 6.83. The average Bonchev–Trinajstić information content (AvgIpc) is 3.83. The van der Waals surface area contributed by atoms with Crippen molar-refractivity contribution in [2.75, 3.05) is 19.8 Å². The van der Waals surface area contributed by atoms with E-state index >= 15 is 0 Å². The molecule has 2 fully saturated rings. The van der Waals surface area contributed by atoms with Gasteiger partial charge in [0, 0.05) is 34.0 Å². The number of hydrogen-bond donors (Lipinski definition) is 2. The van der Waals surface area contributed by atoms with Crippen LogP contribution >= 0.6 is 11.6 Å². The summed E-state index contributed by atoms with van der Waals surface area (Å²) in [5, 5.41) is 14.5. The van der Waals surface area contributed by atoms with E-state index in [1.807, 2.05) is 57.2 Å². The zero-order chi connectivity index (χ0) is 29.3. The predicted molar refractivity (Wildman–Crippen MR) is 154 cm³/mol. The molecular weight excluding hydrogens is 546 g/mol. The number of ether oxygens (including phenoxy) is 4. The van der Waals surface area contributed by atoms with Crippen molar-refractivity contribution in [2.24, 2.45) is 10.8 Å². The van der Waals surface area contributed by atoms with Crippen LogP contribution in [-0.4, -0.2) is 48.6 Å². The van der Waals surface area contributed by atoms with Crippen molar-refractivity contribution in [3.63, 3.8) is 0 Å². The number of rotatable bonds is 13. The Morgan fingerprint density at radius 3 is 2.24 bits per heavy atom. The van der Waals surface area contributed by atoms with Crippen LogP contribution in [0.15, 0.2) is 54.8 Å². The maximum Gasteiger partial charge on any atom is 0.453 e. The molecule has 9 heteroatoms. The van der Waals surface area contributed by atoms with Gasteiger partial charge in [-0.25, -0.2) is 9.59 Å². The standard InChI is InChI=1S/C32H38ClNO7/c1-21(34-17-26(35)23-7-5-9-25(33)16-23)14-22-6-4-8-24(15-22)27-18-40-32(41-27,28(36)38-19-30(2)10-11-30)29(37)39-20-31(3)12-13-31/h4-9,15-16,18,21,26,34-35H,10-14,17,19-20H2,1-3H3. The monoisotopic (exact) mass is 583 g/mol. The van der Waals surface area contributed by atoms with Crippen molar-refractivity contribution in [3.05, 3.63) is 76.5 Å². The van der Waals surface area contributed by atoms with E-state index in [2.05, 4.69) is 5.32 Å².